The molecule has 2 heterocycles. The van der Waals surface area contributed by atoms with Crippen LogP contribution in [0.15, 0.2) is 54.9 Å². The van der Waals surface area contributed by atoms with Gasteiger partial charge in [-0.1, -0.05) is 12.1 Å². The van der Waals surface area contributed by atoms with Crippen molar-refractivity contribution >= 4 is 17.5 Å². The van der Waals surface area contributed by atoms with Crippen molar-refractivity contribution < 1.29 is 18.3 Å². The number of rotatable bonds is 4. The largest absolute Gasteiger partial charge is 0.492 e. The van der Waals surface area contributed by atoms with Gasteiger partial charge in [0.2, 0.25) is 5.95 Å². The minimum Gasteiger partial charge on any atom is -0.492 e. The summed E-state index contributed by atoms with van der Waals surface area (Å²) in [6.45, 7) is 0.410. The van der Waals surface area contributed by atoms with Crippen LogP contribution in [0.1, 0.15) is 28.4 Å². The van der Waals surface area contributed by atoms with Gasteiger partial charge in [0.25, 0.3) is 5.91 Å². The first kappa shape index (κ1) is 17.8. The van der Waals surface area contributed by atoms with Crippen molar-refractivity contribution in [2.24, 2.45) is 0 Å². The van der Waals surface area contributed by atoms with Crippen LogP contribution in [0, 0.1) is 11.6 Å². The molecule has 0 aliphatic carbocycles. The van der Waals surface area contributed by atoms with Crippen LogP contribution in [0.2, 0.25) is 0 Å². The SMILES string of the molecule is O=C(Nc1ccc(F)c(F)c1)c1cccc2c1OCC[C@@H]2Nc1ncccn1. The van der Waals surface area contributed by atoms with Gasteiger partial charge in [0.05, 0.1) is 18.2 Å². The van der Waals surface area contributed by atoms with Crippen LogP contribution in [-0.4, -0.2) is 22.5 Å². The van der Waals surface area contributed by atoms with Crippen molar-refractivity contribution in [3.63, 3.8) is 0 Å². The second-order valence-corrected chi connectivity index (χ2v) is 6.21. The molecule has 6 nitrogen and oxygen atoms in total. The van der Waals surface area contributed by atoms with E-state index in [1.165, 1.54) is 6.07 Å². The average molecular weight is 382 g/mol. The summed E-state index contributed by atoms with van der Waals surface area (Å²) in [7, 11) is 0. The third-order valence-corrected chi connectivity index (χ3v) is 4.37. The molecule has 0 fully saturated rings. The normalized spacial score (nSPS) is 15.3. The standard InChI is InChI=1S/C20H16F2N4O2/c21-15-6-5-12(11-16(15)22)25-19(27)14-4-1-3-13-17(7-10-28-18(13)14)26-20-23-8-2-9-24-20/h1-6,8-9,11,17H,7,10H2,(H,25,27)(H,23,24,26)/t17-/m0/s1. The van der Waals surface area contributed by atoms with Gasteiger partial charge in [0.1, 0.15) is 5.75 Å². The van der Waals surface area contributed by atoms with E-state index in [2.05, 4.69) is 20.6 Å². The summed E-state index contributed by atoms with van der Waals surface area (Å²) in [6.07, 6.45) is 3.96. The number of halogens is 2. The first-order chi connectivity index (χ1) is 13.6. The van der Waals surface area contributed by atoms with Crippen molar-refractivity contribution in [2.75, 3.05) is 17.2 Å². The lowest BCUT2D eigenvalue weighted by molar-refractivity contribution is 0.102. The molecule has 1 aromatic heterocycles. The number of anilines is 2. The van der Waals surface area contributed by atoms with E-state index in [-0.39, 0.29) is 11.7 Å². The highest BCUT2D eigenvalue weighted by Gasteiger charge is 2.26. The maximum absolute atomic E-state index is 13.4. The lowest BCUT2D eigenvalue weighted by atomic mass is 9.97. The quantitative estimate of drug-likeness (QED) is 0.715. The molecular weight excluding hydrogens is 366 g/mol. The van der Waals surface area contributed by atoms with Crippen LogP contribution in [-0.2, 0) is 0 Å². The van der Waals surface area contributed by atoms with E-state index in [9.17, 15) is 13.6 Å². The summed E-state index contributed by atoms with van der Waals surface area (Å²) in [5.41, 5.74) is 1.27. The molecule has 0 spiro atoms. The molecular formula is C20H16F2N4O2. The second-order valence-electron chi connectivity index (χ2n) is 6.21. The maximum Gasteiger partial charge on any atom is 0.259 e. The number of benzene rings is 2. The third kappa shape index (κ3) is 3.62. The van der Waals surface area contributed by atoms with Gasteiger partial charge in [-0.15, -0.1) is 0 Å². The molecule has 2 aromatic carbocycles. The van der Waals surface area contributed by atoms with E-state index >= 15 is 0 Å². The second kappa shape index (κ2) is 7.59. The molecule has 0 saturated heterocycles. The third-order valence-electron chi connectivity index (χ3n) is 4.37. The van der Waals surface area contributed by atoms with E-state index in [0.717, 1.165) is 17.7 Å². The van der Waals surface area contributed by atoms with E-state index in [1.807, 2.05) is 6.07 Å². The summed E-state index contributed by atoms with van der Waals surface area (Å²) >= 11 is 0. The lowest BCUT2D eigenvalue weighted by Crippen LogP contribution is -2.24. The van der Waals surface area contributed by atoms with Crippen molar-refractivity contribution in [2.45, 2.75) is 12.5 Å². The molecule has 1 atom stereocenters. The van der Waals surface area contributed by atoms with Gasteiger partial charge in [-0.05, 0) is 24.3 Å². The predicted molar refractivity (Wildman–Crippen MR) is 99.3 cm³/mol. The highest BCUT2D eigenvalue weighted by atomic mass is 19.2. The maximum atomic E-state index is 13.4. The number of nitrogens with one attached hydrogen (secondary N) is 2. The Morgan fingerprint density at radius 2 is 1.89 bits per heavy atom. The molecule has 142 valence electrons. The average Bonchev–Trinajstić information content (AvgIpc) is 2.71. The van der Waals surface area contributed by atoms with Gasteiger partial charge in [-0.2, -0.15) is 0 Å². The van der Waals surface area contributed by atoms with Crippen molar-refractivity contribution in [3.8, 4) is 5.75 Å². The Bertz CT molecular complexity index is 1010. The topological polar surface area (TPSA) is 76.1 Å². The first-order valence-corrected chi connectivity index (χ1v) is 8.67. The van der Waals surface area contributed by atoms with Crippen LogP contribution in [0.25, 0.3) is 0 Å². The van der Waals surface area contributed by atoms with Gasteiger partial charge in [0, 0.05) is 36.1 Å². The summed E-state index contributed by atoms with van der Waals surface area (Å²) in [5, 5.41) is 5.81. The Kier molecular flexibility index (Phi) is 4.84. The number of carbonyl (C=O) groups excluding carboxylic acids is 1. The zero-order valence-corrected chi connectivity index (χ0v) is 14.7. The lowest BCUT2D eigenvalue weighted by Gasteiger charge is -2.28. The highest BCUT2D eigenvalue weighted by molar-refractivity contribution is 6.06. The van der Waals surface area contributed by atoms with E-state index < -0.39 is 17.5 Å². The molecule has 0 saturated carbocycles. The van der Waals surface area contributed by atoms with Gasteiger partial charge in [0.15, 0.2) is 11.6 Å². The first-order valence-electron chi connectivity index (χ1n) is 8.67. The van der Waals surface area contributed by atoms with Crippen LogP contribution >= 0.6 is 0 Å². The van der Waals surface area contributed by atoms with Gasteiger partial charge < -0.3 is 15.4 Å². The van der Waals surface area contributed by atoms with E-state index in [1.54, 1.807) is 30.6 Å². The molecule has 1 aliphatic heterocycles. The molecule has 2 N–H and O–H groups in total. The number of ether oxygens (including phenoxy) is 1. The van der Waals surface area contributed by atoms with Crippen molar-refractivity contribution in [3.05, 3.63) is 77.6 Å². The molecule has 28 heavy (non-hydrogen) atoms. The Labute approximate surface area is 159 Å². The molecule has 0 radical (unpaired) electrons. The highest BCUT2D eigenvalue weighted by Crippen LogP contribution is 2.36. The van der Waals surface area contributed by atoms with Gasteiger partial charge in [-0.3, -0.25) is 4.79 Å². The fraction of sp³-hybridized carbons (Fsp3) is 0.150. The van der Waals surface area contributed by atoms with Crippen LogP contribution in [0.5, 0.6) is 5.75 Å². The Balaban J connectivity index is 1.60. The number of amides is 1. The molecule has 4 rings (SSSR count). The smallest absolute Gasteiger partial charge is 0.259 e. The summed E-state index contributed by atoms with van der Waals surface area (Å²) in [6, 6.07) is 10.0. The van der Waals surface area contributed by atoms with Gasteiger partial charge >= 0.3 is 0 Å². The Morgan fingerprint density at radius 1 is 1.07 bits per heavy atom. The van der Waals surface area contributed by atoms with Crippen LogP contribution in [0.3, 0.4) is 0 Å². The van der Waals surface area contributed by atoms with Crippen molar-refractivity contribution in [1.82, 2.24) is 9.97 Å². The molecule has 0 unspecified atom stereocenters. The minimum absolute atomic E-state index is 0.123. The zero-order chi connectivity index (χ0) is 19.5. The van der Waals surface area contributed by atoms with Crippen LogP contribution in [0.4, 0.5) is 20.4 Å². The van der Waals surface area contributed by atoms with E-state index in [4.69, 9.17) is 4.74 Å². The van der Waals surface area contributed by atoms with Crippen molar-refractivity contribution in [1.29, 1.82) is 0 Å². The van der Waals surface area contributed by atoms with E-state index in [0.29, 0.717) is 30.3 Å². The number of para-hydroxylation sites is 1. The number of fused-ring (bicyclic) bond motifs is 1. The number of aromatic nitrogens is 2. The number of hydrogen-bond donors (Lipinski definition) is 2. The van der Waals surface area contributed by atoms with Crippen LogP contribution < -0.4 is 15.4 Å². The Morgan fingerprint density at radius 3 is 2.68 bits per heavy atom. The summed E-state index contributed by atoms with van der Waals surface area (Å²) in [4.78, 5) is 21.0. The number of hydrogen-bond acceptors (Lipinski definition) is 5. The Hall–Kier alpha value is -3.55. The number of nitrogens with zero attached hydrogens (tertiary/aromatic N) is 2. The van der Waals surface area contributed by atoms with Gasteiger partial charge in [-0.25, -0.2) is 18.7 Å². The monoisotopic (exact) mass is 382 g/mol. The summed E-state index contributed by atoms with van der Waals surface area (Å²) in [5.74, 6) is -1.55. The molecule has 1 aliphatic rings. The zero-order valence-electron chi connectivity index (χ0n) is 14.7. The fourth-order valence-corrected chi connectivity index (χ4v) is 3.06. The molecule has 0 bridgehead atoms. The predicted octanol–water partition coefficient (Wildman–Crippen LogP) is 3.94. The molecule has 3 aromatic rings. The summed E-state index contributed by atoms with van der Waals surface area (Å²) < 4.78 is 32.2. The minimum atomic E-state index is -1.03. The number of carbonyl (C=O) groups is 1. The molecule has 8 heteroatoms. The molecule has 1 amide bonds. The fourth-order valence-electron chi connectivity index (χ4n) is 3.06.